The van der Waals surface area contributed by atoms with Crippen molar-refractivity contribution >= 4 is 26.7 Å². The highest BCUT2D eigenvalue weighted by atomic mass is 32.2. The predicted octanol–water partition coefficient (Wildman–Crippen LogP) is 1.40. The zero-order valence-corrected chi connectivity index (χ0v) is 10.9. The number of aromatic carboxylic acids is 1. The summed E-state index contributed by atoms with van der Waals surface area (Å²) in [6.07, 6.45) is 0. The van der Waals surface area contributed by atoms with Crippen LogP contribution in [0.3, 0.4) is 0 Å². The fourth-order valence-electron chi connectivity index (χ4n) is 1.68. The number of carbonyl (C=O) groups is 1. The summed E-state index contributed by atoms with van der Waals surface area (Å²) in [6, 6.07) is 1.27. The number of nitrogens with zero attached hydrogens (tertiary/aromatic N) is 2. The van der Waals surface area contributed by atoms with Gasteiger partial charge in [-0.3, -0.25) is 0 Å². The highest BCUT2D eigenvalue weighted by molar-refractivity contribution is 7.91. The van der Waals surface area contributed by atoms with E-state index in [1.165, 1.54) is 6.92 Å². The van der Waals surface area contributed by atoms with Crippen LogP contribution in [-0.2, 0) is 9.84 Å². The highest BCUT2D eigenvalue weighted by Crippen LogP contribution is 2.26. The highest BCUT2D eigenvalue weighted by Gasteiger charge is 2.27. The molecule has 0 fully saturated rings. The van der Waals surface area contributed by atoms with E-state index in [0.717, 1.165) is 0 Å². The average molecular weight is 302 g/mol. The van der Waals surface area contributed by atoms with Gasteiger partial charge in [0.25, 0.3) is 0 Å². The van der Waals surface area contributed by atoms with Gasteiger partial charge in [0.15, 0.2) is 27.2 Å². The van der Waals surface area contributed by atoms with Crippen LogP contribution in [-0.4, -0.2) is 35.4 Å². The van der Waals surface area contributed by atoms with E-state index in [4.69, 9.17) is 5.11 Å². The number of carboxylic acid groups (broad SMARTS) is 1. The van der Waals surface area contributed by atoms with Gasteiger partial charge in [0.2, 0.25) is 0 Å². The smallest absolute Gasteiger partial charge is 0.357 e. The zero-order chi connectivity index (χ0) is 15.1. The summed E-state index contributed by atoms with van der Waals surface area (Å²) >= 11 is 0. The Balaban J connectivity index is 3.02. The number of sulfone groups is 1. The van der Waals surface area contributed by atoms with Gasteiger partial charge in [-0.15, -0.1) is 10.2 Å². The summed E-state index contributed by atoms with van der Waals surface area (Å²) in [5.74, 6) is -4.55. The summed E-state index contributed by atoms with van der Waals surface area (Å²) in [4.78, 5) is 10.4. The summed E-state index contributed by atoms with van der Waals surface area (Å²) in [6.45, 7) is 1.30. The Hall–Kier alpha value is -2.16. The van der Waals surface area contributed by atoms with E-state index < -0.39 is 43.8 Å². The molecule has 0 saturated heterocycles. The van der Waals surface area contributed by atoms with Gasteiger partial charge < -0.3 is 5.11 Å². The molecule has 1 aromatic heterocycles. The maximum Gasteiger partial charge on any atom is 0.357 e. The van der Waals surface area contributed by atoms with Crippen molar-refractivity contribution in [2.75, 3.05) is 5.75 Å². The third-order valence-electron chi connectivity index (χ3n) is 2.65. The van der Waals surface area contributed by atoms with Crippen molar-refractivity contribution in [1.82, 2.24) is 10.2 Å². The first-order chi connectivity index (χ1) is 9.27. The van der Waals surface area contributed by atoms with Crippen LogP contribution >= 0.6 is 0 Å². The molecule has 0 bridgehead atoms. The van der Waals surface area contributed by atoms with E-state index in [9.17, 15) is 22.0 Å². The number of benzene rings is 1. The second-order valence-electron chi connectivity index (χ2n) is 3.87. The predicted molar refractivity (Wildman–Crippen MR) is 64.1 cm³/mol. The van der Waals surface area contributed by atoms with Crippen molar-refractivity contribution in [3.8, 4) is 0 Å². The monoisotopic (exact) mass is 302 g/mol. The molecule has 1 aromatic carbocycles. The van der Waals surface area contributed by atoms with Gasteiger partial charge in [0.1, 0.15) is 4.90 Å². The quantitative estimate of drug-likeness (QED) is 0.920. The van der Waals surface area contributed by atoms with Crippen molar-refractivity contribution in [1.29, 1.82) is 0 Å². The van der Waals surface area contributed by atoms with Crippen molar-refractivity contribution in [2.24, 2.45) is 0 Å². The van der Waals surface area contributed by atoms with Crippen molar-refractivity contribution in [3.63, 3.8) is 0 Å². The molecule has 0 aliphatic carbocycles. The largest absolute Gasteiger partial charge is 0.476 e. The molecular formula is C11H8F2N2O4S. The Morgan fingerprint density at radius 1 is 1.25 bits per heavy atom. The number of rotatable bonds is 3. The maximum absolute atomic E-state index is 13.3. The van der Waals surface area contributed by atoms with Gasteiger partial charge in [0.05, 0.1) is 11.3 Å². The first kappa shape index (κ1) is 14.3. The van der Waals surface area contributed by atoms with Gasteiger partial charge in [0, 0.05) is 11.5 Å². The molecule has 6 nitrogen and oxygen atoms in total. The minimum atomic E-state index is -4.00. The number of fused-ring (bicyclic) bond motifs is 1. The molecule has 0 atom stereocenters. The van der Waals surface area contributed by atoms with Crippen LogP contribution in [0.2, 0.25) is 0 Å². The van der Waals surface area contributed by atoms with E-state index >= 15 is 0 Å². The summed E-state index contributed by atoms with van der Waals surface area (Å²) in [5, 5.41) is 15.4. The van der Waals surface area contributed by atoms with Crippen LogP contribution in [0.15, 0.2) is 17.0 Å². The minimum absolute atomic E-state index is 0.235. The minimum Gasteiger partial charge on any atom is -0.476 e. The summed E-state index contributed by atoms with van der Waals surface area (Å²) in [5.41, 5.74) is -1.05. The number of hydrogen-bond donors (Lipinski definition) is 1. The third-order valence-corrected chi connectivity index (χ3v) is 4.45. The molecular weight excluding hydrogens is 294 g/mol. The van der Waals surface area contributed by atoms with Crippen LogP contribution in [0, 0.1) is 11.6 Å². The van der Waals surface area contributed by atoms with Crippen LogP contribution in [0.25, 0.3) is 10.9 Å². The van der Waals surface area contributed by atoms with Crippen molar-refractivity contribution in [3.05, 3.63) is 29.5 Å². The van der Waals surface area contributed by atoms with E-state index in [1.807, 2.05) is 0 Å². The van der Waals surface area contributed by atoms with Crippen molar-refractivity contribution in [2.45, 2.75) is 11.8 Å². The molecule has 9 heteroatoms. The molecule has 0 amide bonds. The lowest BCUT2D eigenvalue weighted by Crippen LogP contribution is -2.15. The van der Waals surface area contributed by atoms with Crippen LogP contribution in [0.4, 0.5) is 8.78 Å². The summed E-state index contributed by atoms with van der Waals surface area (Å²) < 4.78 is 50.4. The Labute approximate surface area is 112 Å². The Morgan fingerprint density at radius 2 is 1.85 bits per heavy atom. The second kappa shape index (κ2) is 4.75. The third kappa shape index (κ3) is 2.20. The fraction of sp³-hybridized carbons (Fsp3) is 0.182. The lowest BCUT2D eigenvalue weighted by atomic mass is 10.2. The number of carboxylic acids is 1. The first-order valence-corrected chi connectivity index (χ1v) is 7.04. The van der Waals surface area contributed by atoms with E-state index in [2.05, 4.69) is 10.2 Å². The molecule has 1 N–H and O–H groups in total. The Bertz CT molecular complexity index is 821. The average Bonchev–Trinajstić information content (AvgIpc) is 2.38. The lowest BCUT2D eigenvalue weighted by Gasteiger charge is -2.08. The van der Waals surface area contributed by atoms with E-state index in [1.54, 1.807) is 0 Å². The molecule has 106 valence electrons. The van der Waals surface area contributed by atoms with Gasteiger partial charge in [-0.1, -0.05) is 6.92 Å². The Morgan fingerprint density at radius 3 is 2.40 bits per heavy atom. The molecule has 1 heterocycles. The lowest BCUT2D eigenvalue weighted by molar-refractivity contribution is 0.0685. The van der Waals surface area contributed by atoms with Crippen LogP contribution < -0.4 is 0 Å². The molecule has 2 rings (SSSR count). The van der Waals surface area contributed by atoms with Gasteiger partial charge >= 0.3 is 5.97 Å². The maximum atomic E-state index is 13.3. The van der Waals surface area contributed by atoms with Gasteiger partial charge in [-0.05, 0) is 6.07 Å². The fourth-order valence-corrected chi connectivity index (χ4v) is 2.89. The molecule has 0 saturated carbocycles. The first-order valence-electron chi connectivity index (χ1n) is 5.39. The van der Waals surface area contributed by atoms with Crippen LogP contribution in [0.5, 0.6) is 0 Å². The van der Waals surface area contributed by atoms with E-state index in [-0.39, 0.29) is 10.9 Å². The van der Waals surface area contributed by atoms with Crippen LogP contribution in [0.1, 0.15) is 17.4 Å². The molecule has 0 aliphatic heterocycles. The number of aromatic nitrogens is 2. The molecule has 0 unspecified atom stereocenters. The summed E-state index contributed by atoms with van der Waals surface area (Å²) in [7, 11) is -4.00. The van der Waals surface area contributed by atoms with Gasteiger partial charge in [-0.25, -0.2) is 22.0 Å². The van der Waals surface area contributed by atoms with Crippen molar-refractivity contribution < 1.29 is 27.1 Å². The second-order valence-corrected chi connectivity index (χ2v) is 6.08. The molecule has 2 aromatic rings. The molecule has 0 aliphatic rings. The molecule has 0 spiro atoms. The standard InChI is InChI=1S/C11H8F2N2O4S/c1-2-20(18,19)10-5-3-6(12)7(13)4-8(5)14-15-9(10)11(16)17/h3-4H,2H2,1H3,(H,16,17). The normalized spacial score (nSPS) is 11.8. The topological polar surface area (TPSA) is 97.2 Å². The number of hydrogen-bond acceptors (Lipinski definition) is 5. The molecule has 20 heavy (non-hydrogen) atoms. The number of halogens is 2. The SMILES string of the molecule is CCS(=O)(=O)c1c(C(=O)O)nnc2cc(F)c(F)cc12. The molecule has 0 radical (unpaired) electrons. The van der Waals surface area contributed by atoms with Gasteiger partial charge in [-0.2, -0.15) is 0 Å². The van der Waals surface area contributed by atoms with E-state index in [0.29, 0.717) is 12.1 Å². The zero-order valence-electron chi connectivity index (χ0n) is 10.1. The Kier molecular flexibility index (Phi) is 3.38.